The Kier molecular flexibility index (Phi) is 4.06. The average molecular weight is 232 g/mol. The van der Waals surface area contributed by atoms with E-state index in [9.17, 15) is 0 Å². The molecule has 2 N–H and O–H groups in total. The maximum Gasteiger partial charge on any atom is 0.0372 e. The number of benzene rings is 1. The Morgan fingerprint density at radius 2 is 1.82 bits per heavy atom. The molecule has 1 aromatic rings. The Balaban J connectivity index is 1.96. The number of aryl methyl sites for hydroxylation is 1. The van der Waals surface area contributed by atoms with Gasteiger partial charge in [-0.1, -0.05) is 6.07 Å². The summed E-state index contributed by atoms with van der Waals surface area (Å²) in [6.07, 6.45) is 2.60. The van der Waals surface area contributed by atoms with E-state index in [0.29, 0.717) is 0 Å². The summed E-state index contributed by atoms with van der Waals surface area (Å²) in [6, 6.07) is 4.44. The Labute approximate surface area is 105 Å². The van der Waals surface area contributed by atoms with E-state index in [0.717, 1.165) is 12.5 Å². The fraction of sp³-hybridized carbons (Fsp3) is 0.600. The SMILES string of the molecule is Cc1ccc(NCC2CCNCC2)c(C)c1C. The van der Waals surface area contributed by atoms with Crippen molar-refractivity contribution in [3.8, 4) is 0 Å². The number of hydrogen-bond donors (Lipinski definition) is 2. The Morgan fingerprint density at radius 3 is 2.53 bits per heavy atom. The minimum Gasteiger partial charge on any atom is -0.385 e. The maximum atomic E-state index is 3.62. The van der Waals surface area contributed by atoms with E-state index in [4.69, 9.17) is 0 Å². The molecule has 1 fully saturated rings. The van der Waals surface area contributed by atoms with Crippen molar-refractivity contribution in [1.82, 2.24) is 5.32 Å². The molecule has 1 aliphatic heterocycles. The fourth-order valence-corrected chi connectivity index (χ4v) is 2.49. The molecule has 1 saturated heterocycles. The lowest BCUT2D eigenvalue weighted by atomic mass is 9.97. The van der Waals surface area contributed by atoms with Gasteiger partial charge in [0.1, 0.15) is 0 Å². The summed E-state index contributed by atoms with van der Waals surface area (Å²) in [4.78, 5) is 0. The lowest BCUT2D eigenvalue weighted by molar-refractivity contribution is 0.390. The first-order valence-electron chi connectivity index (χ1n) is 6.70. The number of anilines is 1. The van der Waals surface area contributed by atoms with Gasteiger partial charge in [-0.2, -0.15) is 0 Å². The van der Waals surface area contributed by atoms with Crippen molar-refractivity contribution in [1.29, 1.82) is 0 Å². The number of rotatable bonds is 3. The molecule has 0 unspecified atom stereocenters. The molecule has 17 heavy (non-hydrogen) atoms. The second-order valence-electron chi connectivity index (χ2n) is 5.25. The molecule has 0 aromatic heterocycles. The predicted molar refractivity (Wildman–Crippen MR) is 74.7 cm³/mol. The van der Waals surface area contributed by atoms with Crippen LogP contribution < -0.4 is 10.6 Å². The van der Waals surface area contributed by atoms with Crippen LogP contribution in [0.25, 0.3) is 0 Å². The van der Waals surface area contributed by atoms with E-state index >= 15 is 0 Å². The fourth-order valence-electron chi connectivity index (χ4n) is 2.49. The van der Waals surface area contributed by atoms with Crippen molar-refractivity contribution in [2.24, 2.45) is 5.92 Å². The summed E-state index contributed by atoms with van der Waals surface area (Å²) in [5.41, 5.74) is 5.51. The number of hydrogen-bond acceptors (Lipinski definition) is 2. The molecule has 1 heterocycles. The van der Waals surface area contributed by atoms with Gasteiger partial charge in [-0.3, -0.25) is 0 Å². The van der Waals surface area contributed by atoms with Gasteiger partial charge in [0, 0.05) is 12.2 Å². The van der Waals surface area contributed by atoms with Crippen molar-refractivity contribution in [3.05, 3.63) is 28.8 Å². The normalized spacial score (nSPS) is 17.1. The molecule has 0 atom stereocenters. The third-order valence-corrected chi connectivity index (χ3v) is 4.10. The van der Waals surface area contributed by atoms with Crippen LogP contribution in [-0.4, -0.2) is 19.6 Å². The highest BCUT2D eigenvalue weighted by Gasteiger charge is 2.13. The van der Waals surface area contributed by atoms with Crippen LogP contribution in [-0.2, 0) is 0 Å². The molecule has 1 aliphatic rings. The average Bonchev–Trinajstić information content (AvgIpc) is 2.36. The summed E-state index contributed by atoms with van der Waals surface area (Å²) >= 11 is 0. The lowest BCUT2D eigenvalue weighted by Crippen LogP contribution is -2.31. The van der Waals surface area contributed by atoms with E-state index in [1.165, 1.54) is 48.3 Å². The minimum atomic E-state index is 0.831. The van der Waals surface area contributed by atoms with E-state index < -0.39 is 0 Å². The van der Waals surface area contributed by atoms with Crippen molar-refractivity contribution < 1.29 is 0 Å². The molecule has 0 amide bonds. The van der Waals surface area contributed by atoms with Crippen LogP contribution in [0.2, 0.25) is 0 Å². The van der Waals surface area contributed by atoms with Crippen LogP contribution in [0.15, 0.2) is 12.1 Å². The third-order valence-electron chi connectivity index (χ3n) is 4.10. The van der Waals surface area contributed by atoms with Gasteiger partial charge in [0.2, 0.25) is 0 Å². The van der Waals surface area contributed by atoms with Crippen LogP contribution in [0.3, 0.4) is 0 Å². The summed E-state index contributed by atoms with van der Waals surface area (Å²) in [7, 11) is 0. The highest BCUT2D eigenvalue weighted by Crippen LogP contribution is 2.22. The minimum absolute atomic E-state index is 0.831. The molecule has 0 spiro atoms. The second-order valence-corrected chi connectivity index (χ2v) is 5.25. The molecule has 0 bridgehead atoms. The summed E-state index contributed by atoms with van der Waals surface area (Å²) in [6.45, 7) is 10.1. The van der Waals surface area contributed by atoms with Crippen molar-refractivity contribution in [2.45, 2.75) is 33.6 Å². The van der Waals surface area contributed by atoms with Crippen molar-refractivity contribution in [3.63, 3.8) is 0 Å². The van der Waals surface area contributed by atoms with E-state index in [1.54, 1.807) is 0 Å². The molecular formula is C15H24N2. The van der Waals surface area contributed by atoms with E-state index in [-0.39, 0.29) is 0 Å². The quantitative estimate of drug-likeness (QED) is 0.837. The first-order chi connectivity index (χ1) is 8.18. The summed E-state index contributed by atoms with van der Waals surface area (Å²) < 4.78 is 0. The molecule has 0 radical (unpaired) electrons. The molecule has 94 valence electrons. The first kappa shape index (κ1) is 12.4. The van der Waals surface area contributed by atoms with E-state index in [1.807, 2.05) is 0 Å². The van der Waals surface area contributed by atoms with Crippen molar-refractivity contribution in [2.75, 3.05) is 25.0 Å². The van der Waals surface area contributed by atoms with Crippen LogP contribution >= 0.6 is 0 Å². The zero-order chi connectivity index (χ0) is 12.3. The maximum absolute atomic E-state index is 3.62. The van der Waals surface area contributed by atoms with Gasteiger partial charge < -0.3 is 10.6 Å². The molecule has 0 aliphatic carbocycles. The molecule has 2 heteroatoms. The topological polar surface area (TPSA) is 24.1 Å². The standard InChI is InChI=1S/C15H24N2/c1-11-4-5-15(13(3)12(11)2)17-10-14-6-8-16-9-7-14/h4-5,14,16-17H,6-10H2,1-3H3. The summed E-state index contributed by atoms with van der Waals surface area (Å²) in [5, 5.41) is 7.04. The number of nitrogens with one attached hydrogen (secondary N) is 2. The van der Waals surface area contributed by atoms with Gasteiger partial charge in [0.25, 0.3) is 0 Å². The number of piperidine rings is 1. The monoisotopic (exact) mass is 232 g/mol. The first-order valence-corrected chi connectivity index (χ1v) is 6.70. The Hall–Kier alpha value is -1.02. The summed E-state index contributed by atoms with van der Waals surface area (Å²) in [5.74, 6) is 0.831. The smallest absolute Gasteiger partial charge is 0.0372 e. The predicted octanol–water partition coefficient (Wildman–Crippen LogP) is 3.02. The van der Waals surface area contributed by atoms with E-state index in [2.05, 4.69) is 43.5 Å². The molecule has 2 rings (SSSR count). The zero-order valence-electron chi connectivity index (χ0n) is 11.3. The molecular weight excluding hydrogens is 208 g/mol. The van der Waals surface area contributed by atoms with Gasteiger partial charge in [0.05, 0.1) is 0 Å². The van der Waals surface area contributed by atoms with Crippen LogP contribution in [0.5, 0.6) is 0 Å². The van der Waals surface area contributed by atoms with Gasteiger partial charge in [-0.25, -0.2) is 0 Å². The molecule has 0 saturated carbocycles. The van der Waals surface area contributed by atoms with Gasteiger partial charge in [0.15, 0.2) is 0 Å². The highest BCUT2D eigenvalue weighted by atomic mass is 14.9. The molecule has 1 aromatic carbocycles. The van der Waals surface area contributed by atoms with Crippen LogP contribution in [0.1, 0.15) is 29.5 Å². The highest BCUT2D eigenvalue weighted by molar-refractivity contribution is 5.55. The second kappa shape index (κ2) is 5.54. The van der Waals surface area contributed by atoms with Gasteiger partial charge in [-0.15, -0.1) is 0 Å². The van der Waals surface area contributed by atoms with Crippen LogP contribution in [0, 0.1) is 26.7 Å². The Bertz CT molecular complexity index is 379. The lowest BCUT2D eigenvalue weighted by Gasteiger charge is -2.24. The zero-order valence-corrected chi connectivity index (χ0v) is 11.3. The van der Waals surface area contributed by atoms with Gasteiger partial charge >= 0.3 is 0 Å². The third kappa shape index (κ3) is 3.01. The molecule has 2 nitrogen and oxygen atoms in total. The van der Waals surface area contributed by atoms with Crippen molar-refractivity contribution >= 4 is 5.69 Å². The van der Waals surface area contributed by atoms with Gasteiger partial charge in [-0.05, 0) is 75.4 Å². The van der Waals surface area contributed by atoms with Crippen LogP contribution in [0.4, 0.5) is 5.69 Å². The largest absolute Gasteiger partial charge is 0.385 e. The Morgan fingerprint density at radius 1 is 1.12 bits per heavy atom.